The van der Waals surface area contributed by atoms with Gasteiger partial charge >= 0.3 is 0 Å². The molecule has 126 valence electrons. The van der Waals surface area contributed by atoms with Crippen molar-refractivity contribution < 1.29 is 18.0 Å². The van der Waals surface area contributed by atoms with Crippen molar-refractivity contribution >= 4 is 38.9 Å². The van der Waals surface area contributed by atoms with Gasteiger partial charge in [0, 0.05) is 18.8 Å². The Balaban J connectivity index is 1.55. The molecule has 3 N–H and O–H groups in total. The van der Waals surface area contributed by atoms with Crippen molar-refractivity contribution in [3.05, 3.63) is 46.7 Å². The van der Waals surface area contributed by atoms with Gasteiger partial charge < -0.3 is 10.2 Å². The van der Waals surface area contributed by atoms with Crippen LogP contribution in [0.25, 0.3) is 0 Å². The molecule has 1 aromatic carbocycles. The van der Waals surface area contributed by atoms with Gasteiger partial charge in [-0.3, -0.25) is 9.59 Å². The number of carbonyl (C=O) groups is 2. The molecular weight excluding hydrogens is 350 g/mol. The minimum atomic E-state index is -3.75. The summed E-state index contributed by atoms with van der Waals surface area (Å²) in [5, 5.41) is 9.56. The van der Waals surface area contributed by atoms with Crippen LogP contribution < -0.4 is 10.5 Å². The van der Waals surface area contributed by atoms with Crippen LogP contribution in [-0.2, 0) is 14.8 Å². The average molecular weight is 365 g/mol. The molecule has 2 amide bonds. The Labute approximate surface area is 143 Å². The predicted molar refractivity (Wildman–Crippen MR) is 90.2 cm³/mol. The first-order chi connectivity index (χ1) is 11.3. The molecule has 1 fully saturated rings. The summed E-state index contributed by atoms with van der Waals surface area (Å²) in [7, 11) is -3.75. The molecule has 1 aliphatic heterocycles. The lowest BCUT2D eigenvalue weighted by Crippen LogP contribution is -2.54. The summed E-state index contributed by atoms with van der Waals surface area (Å²) in [5.41, 5.74) is 0.482. The fourth-order valence-electron chi connectivity index (χ4n) is 2.34. The molecule has 2 aromatic rings. The molecule has 0 bridgehead atoms. The molecule has 0 spiro atoms. The number of nitrogens with two attached hydrogens (primary N) is 1. The Kier molecular flexibility index (Phi) is 4.39. The van der Waals surface area contributed by atoms with E-state index < -0.39 is 10.0 Å². The number of thiophene rings is 1. The molecule has 9 heteroatoms. The lowest BCUT2D eigenvalue weighted by atomic mass is 9.98. The van der Waals surface area contributed by atoms with E-state index in [0.717, 1.165) is 0 Å². The van der Waals surface area contributed by atoms with Gasteiger partial charge in [-0.1, -0.05) is 6.07 Å². The van der Waals surface area contributed by atoms with Crippen LogP contribution in [0.15, 0.2) is 46.7 Å². The van der Waals surface area contributed by atoms with Crippen LogP contribution in [0.3, 0.4) is 0 Å². The number of rotatable bonds is 4. The van der Waals surface area contributed by atoms with Crippen LogP contribution in [-0.4, -0.2) is 38.2 Å². The first kappa shape index (κ1) is 16.6. The smallest absolute Gasteiger partial charge is 0.263 e. The molecule has 1 saturated heterocycles. The van der Waals surface area contributed by atoms with Crippen molar-refractivity contribution in [2.75, 3.05) is 18.4 Å². The molecule has 0 saturated carbocycles. The number of benzene rings is 1. The number of nitrogens with zero attached hydrogens (tertiary/aromatic N) is 1. The van der Waals surface area contributed by atoms with E-state index in [0.29, 0.717) is 23.7 Å². The lowest BCUT2D eigenvalue weighted by molar-refractivity contribution is -0.123. The number of hydrogen-bond acceptors (Lipinski definition) is 5. The summed E-state index contributed by atoms with van der Waals surface area (Å²) in [6.07, 6.45) is 0. The standard InChI is InChI=1S/C15H15N3O4S2/c16-24(21,22)12-5-3-11(4-6-12)17-14(19)10-8-18(9-10)15(20)13-2-1-7-23-13/h1-7,10H,8-9H2,(H,17,19)(H2,16,21,22). The third-order valence-corrected chi connectivity index (χ3v) is 5.51. The van der Waals surface area contributed by atoms with Gasteiger partial charge in [-0.25, -0.2) is 13.6 Å². The summed E-state index contributed by atoms with van der Waals surface area (Å²) in [5.74, 6) is -0.535. The number of likely N-dealkylation sites (tertiary alicyclic amines) is 1. The molecule has 1 aliphatic rings. The minimum absolute atomic E-state index is 0.0168. The zero-order chi connectivity index (χ0) is 17.3. The van der Waals surface area contributed by atoms with E-state index >= 15 is 0 Å². The van der Waals surface area contributed by atoms with Gasteiger partial charge in [0.15, 0.2) is 0 Å². The maximum Gasteiger partial charge on any atom is 0.263 e. The lowest BCUT2D eigenvalue weighted by Gasteiger charge is -2.37. The highest BCUT2D eigenvalue weighted by Crippen LogP contribution is 2.22. The van der Waals surface area contributed by atoms with Crippen LogP contribution in [0.5, 0.6) is 0 Å². The largest absolute Gasteiger partial charge is 0.336 e. The molecule has 0 unspecified atom stereocenters. The van der Waals surface area contributed by atoms with E-state index in [4.69, 9.17) is 5.14 Å². The van der Waals surface area contributed by atoms with Crippen molar-refractivity contribution in [2.24, 2.45) is 11.1 Å². The summed E-state index contributed by atoms with van der Waals surface area (Å²) in [6, 6.07) is 9.19. The monoisotopic (exact) mass is 365 g/mol. The first-order valence-electron chi connectivity index (χ1n) is 7.11. The molecule has 1 aromatic heterocycles. The van der Waals surface area contributed by atoms with Crippen LogP contribution in [0, 0.1) is 5.92 Å². The molecule has 0 radical (unpaired) electrons. The van der Waals surface area contributed by atoms with Crippen LogP contribution in [0.1, 0.15) is 9.67 Å². The Morgan fingerprint density at radius 2 is 1.83 bits per heavy atom. The Morgan fingerprint density at radius 3 is 2.38 bits per heavy atom. The minimum Gasteiger partial charge on any atom is -0.336 e. The number of amides is 2. The maximum absolute atomic E-state index is 12.1. The number of sulfonamides is 1. The molecule has 3 rings (SSSR count). The molecule has 2 heterocycles. The van der Waals surface area contributed by atoms with E-state index in [-0.39, 0.29) is 22.6 Å². The molecule has 24 heavy (non-hydrogen) atoms. The van der Waals surface area contributed by atoms with Gasteiger partial charge in [0.05, 0.1) is 15.7 Å². The van der Waals surface area contributed by atoms with Crippen molar-refractivity contribution in [2.45, 2.75) is 4.90 Å². The quantitative estimate of drug-likeness (QED) is 0.845. The van der Waals surface area contributed by atoms with E-state index in [1.807, 2.05) is 11.4 Å². The van der Waals surface area contributed by atoms with Gasteiger partial charge in [-0.05, 0) is 35.7 Å². The van der Waals surface area contributed by atoms with E-state index in [1.165, 1.54) is 35.6 Å². The fourth-order valence-corrected chi connectivity index (χ4v) is 3.54. The number of primary sulfonamides is 1. The van der Waals surface area contributed by atoms with Gasteiger partial charge in [0.2, 0.25) is 15.9 Å². The fraction of sp³-hybridized carbons (Fsp3) is 0.200. The zero-order valence-electron chi connectivity index (χ0n) is 12.5. The Bertz CT molecular complexity index is 855. The SMILES string of the molecule is NS(=O)(=O)c1ccc(NC(=O)C2CN(C(=O)c3cccs3)C2)cc1. The molecule has 0 atom stereocenters. The van der Waals surface area contributed by atoms with Crippen LogP contribution in [0.4, 0.5) is 5.69 Å². The molecular formula is C15H15N3O4S2. The number of anilines is 1. The summed E-state index contributed by atoms with van der Waals surface area (Å²) in [4.78, 5) is 26.5. The van der Waals surface area contributed by atoms with Gasteiger partial charge in [0.1, 0.15) is 0 Å². The predicted octanol–water partition coefficient (Wildman–Crippen LogP) is 1.11. The van der Waals surface area contributed by atoms with Crippen LogP contribution >= 0.6 is 11.3 Å². The number of hydrogen-bond donors (Lipinski definition) is 2. The van der Waals surface area contributed by atoms with E-state index in [1.54, 1.807) is 11.0 Å². The summed E-state index contributed by atoms with van der Waals surface area (Å²) in [6.45, 7) is 0.746. The molecule has 0 aliphatic carbocycles. The highest BCUT2D eigenvalue weighted by molar-refractivity contribution is 7.89. The normalized spacial score (nSPS) is 15.0. The summed E-state index contributed by atoms with van der Waals surface area (Å²) < 4.78 is 22.4. The second kappa shape index (κ2) is 6.34. The highest BCUT2D eigenvalue weighted by Gasteiger charge is 2.36. The Morgan fingerprint density at radius 1 is 1.17 bits per heavy atom. The maximum atomic E-state index is 12.1. The summed E-state index contributed by atoms with van der Waals surface area (Å²) >= 11 is 1.37. The van der Waals surface area contributed by atoms with E-state index in [9.17, 15) is 18.0 Å². The average Bonchev–Trinajstić information content (AvgIpc) is 2.99. The third kappa shape index (κ3) is 3.48. The number of carbonyl (C=O) groups excluding carboxylic acids is 2. The van der Waals surface area contributed by atoms with E-state index in [2.05, 4.69) is 5.32 Å². The van der Waals surface area contributed by atoms with Crippen molar-refractivity contribution in [1.82, 2.24) is 4.90 Å². The van der Waals surface area contributed by atoms with Crippen molar-refractivity contribution in [1.29, 1.82) is 0 Å². The highest BCUT2D eigenvalue weighted by atomic mass is 32.2. The topological polar surface area (TPSA) is 110 Å². The van der Waals surface area contributed by atoms with Crippen molar-refractivity contribution in [3.63, 3.8) is 0 Å². The first-order valence-corrected chi connectivity index (χ1v) is 9.54. The Hall–Kier alpha value is -2.23. The van der Waals surface area contributed by atoms with Gasteiger partial charge in [-0.2, -0.15) is 0 Å². The molecule has 7 nitrogen and oxygen atoms in total. The van der Waals surface area contributed by atoms with Crippen LogP contribution in [0.2, 0.25) is 0 Å². The second-order valence-electron chi connectivity index (χ2n) is 5.44. The van der Waals surface area contributed by atoms with Crippen molar-refractivity contribution in [3.8, 4) is 0 Å². The van der Waals surface area contributed by atoms with Gasteiger partial charge in [-0.15, -0.1) is 11.3 Å². The third-order valence-electron chi connectivity index (χ3n) is 3.72. The zero-order valence-corrected chi connectivity index (χ0v) is 14.1. The van der Waals surface area contributed by atoms with Gasteiger partial charge in [0.25, 0.3) is 5.91 Å². The number of nitrogens with one attached hydrogen (secondary N) is 1. The second-order valence-corrected chi connectivity index (χ2v) is 7.95.